The molecule has 2 N–H and O–H groups in total. The summed E-state index contributed by atoms with van der Waals surface area (Å²) in [4.78, 5) is 0. The van der Waals surface area contributed by atoms with Gasteiger partial charge < -0.3 is 5.73 Å². The highest BCUT2D eigenvalue weighted by molar-refractivity contribution is 5.30. The van der Waals surface area contributed by atoms with Crippen LogP contribution >= 0.6 is 0 Å². The minimum absolute atomic E-state index is 0.119. The Balaban J connectivity index is 2.34. The van der Waals surface area contributed by atoms with E-state index in [2.05, 4.69) is 0 Å². The van der Waals surface area contributed by atoms with Crippen LogP contribution in [-0.2, 0) is 5.41 Å². The molecule has 1 aromatic rings. The number of nitrogens with two attached hydrogens (primary N) is 1. The fourth-order valence-corrected chi connectivity index (χ4v) is 2.45. The lowest BCUT2D eigenvalue weighted by Gasteiger charge is -2.42. The summed E-state index contributed by atoms with van der Waals surface area (Å²) in [6.45, 7) is 0.552. The van der Waals surface area contributed by atoms with E-state index in [-0.39, 0.29) is 5.41 Å². The van der Waals surface area contributed by atoms with E-state index < -0.39 is 11.6 Å². The molecule has 0 unspecified atom stereocenters. The Hall–Kier alpha value is -0.960. The van der Waals surface area contributed by atoms with Gasteiger partial charge in [-0.2, -0.15) is 0 Å². The zero-order chi connectivity index (χ0) is 10.9. The molecule has 0 atom stereocenters. The first-order valence-corrected chi connectivity index (χ1v) is 5.33. The van der Waals surface area contributed by atoms with Gasteiger partial charge in [-0.05, 0) is 42.9 Å². The van der Waals surface area contributed by atoms with Crippen LogP contribution in [0.1, 0.15) is 31.2 Å². The maximum Gasteiger partial charge on any atom is 0.129 e. The van der Waals surface area contributed by atoms with Gasteiger partial charge in [0.1, 0.15) is 11.6 Å². The summed E-state index contributed by atoms with van der Waals surface area (Å²) in [5.74, 6) is -0.943. The molecule has 1 aliphatic rings. The average Bonchev–Trinajstić information content (AvgIpc) is 2.12. The van der Waals surface area contributed by atoms with Gasteiger partial charge in [-0.1, -0.05) is 12.5 Å². The van der Waals surface area contributed by atoms with Gasteiger partial charge in [-0.15, -0.1) is 0 Å². The first-order chi connectivity index (χ1) is 7.18. The number of rotatable bonds is 3. The van der Waals surface area contributed by atoms with Crippen LogP contribution in [0.3, 0.4) is 0 Å². The Morgan fingerprint density at radius 1 is 1.27 bits per heavy atom. The molecule has 0 heterocycles. The van der Waals surface area contributed by atoms with Crippen molar-refractivity contribution in [1.82, 2.24) is 0 Å². The topological polar surface area (TPSA) is 26.0 Å². The number of benzene rings is 1. The molecule has 0 spiro atoms. The lowest BCUT2D eigenvalue weighted by atomic mass is 9.62. The minimum Gasteiger partial charge on any atom is -0.330 e. The molecule has 82 valence electrons. The molecule has 0 aromatic heterocycles. The molecule has 1 fully saturated rings. The van der Waals surface area contributed by atoms with Crippen LogP contribution in [0.4, 0.5) is 8.78 Å². The molecule has 1 nitrogen and oxygen atoms in total. The SMILES string of the molecule is NCCC1(c2ccc(F)cc2F)CCC1. The van der Waals surface area contributed by atoms with Crippen LogP contribution in [0, 0.1) is 11.6 Å². The normalized spacial score (nSPS) is 18.6. The van der Waals surface area contributed by atoms with Gasteiger partial charge in [0.25, 0.3) is 0 Å². The second kappa shape index (κ2) is 3.89. The third-order valence-corrected chi connectivity index (χ3v) is 3.44. The van der Waals surface area contributed by atoms with Gasteiger partial charge in [0, 0.05) is 6.07 Å². The molecular weight excluding hydrogens is 196 g/mol. The summed E-state index contributed by atoms with van der Waals surface area (Å²) in [6.07, 6.45) is 3.83. The first kappa shape index (κ1) is 10.6. The highest BCUT2D eigenvalue weighted by Gasteiger charge is 2.39. The predicted molar refractivity (Wildman–Crippen MR) is 55.6 cm³/mol. The van der Waals surface area contributed by atoms with Crippen LogP contribution in [0.25, 0.3) is 0 Å². The summed E-state index contributed by atoms with van der Waals surface area (Å²) in [5.41, 5.74) is 6.07. The van der Waals surface area contributed by atoms with Gasteiger partial charge in [-0.25, -0.2) is 8.78 Å². The smallest absolute Gasteiger partial charge is 0.129 e. The second-order valence-electron chi connectivity index (χ2n) is 4.30. The van der Waals surface area contributed by atoms with Gasteiger partial charge in [0.05, 0.1) is 0 Å². The van der Waals surface area contributed by atoms with Crippen LogP contribution in [0.5, 0.6) is 0 Å². The van der Waals surface area contributed by atoms with Gasteiger partial charge in [-0.3, -0.25) is 0 Å². The highest BCUT2D eigenvalue weighted by Crippen LogP contribution is 2.47. The summed E-state index contributed by atoms with van der Waals surface area (Å²) >= 11 is 0. The number of hydrogen-bond donors (Lipinski definition) is 1. The molecule has 0 aliphatic heterocycles. The van der Waals surface area contributed by atoms with Crippen LogP contribution < -0.4 is 5.73 Å². The number of halogens is 2. The molecule has 0 amide bonds. The van der Waals surface area contributed by atoms with Crippen molar-refractivity contribution >= 4 is 0 Å². The Bertz CT molecular complexity index is 359. The van der Waals surface area contributed by atoms with Crippen molar-refractivity contribution in [3.05, 3.63) is 35.4 Å². The van der Waals surface area contributed by atoms with Crippen molar-refractivity contribution < 1.29 is 8.78 Å². The minimum atomic E-state index is -0.515. The molecule has 15 heavy (non-hydrogen) atoms. The van der Waals surface area contributed by atoms with E-state index in [1.165, 1.54) is 6.07 Å². The van der Waals surface area contributed by atoms with E-state index >= 15 is 0 Å². The average molecular weight is 211 g/mol. The summed E-state index contributed by atoms with van der Waals surface area (Å²) < 4.78 is 26.4. The molecule has 0 radical (unpaired) electrons. The van der Waals surface area contributed by atoms with E-state index in [1.807, 2.05) is 0 Å². The fraction of sp³-hybridized carbons (Fsp3) is 0.500. The van der Waals surface area contributed by atoms with Gasteiger partial charge >= 0.3 is 0 Å². The van der Waals surface area contributed by atoms with E-state index in [1.54, 1.807) is 6.07 Å². The quantitative estimate of drug-likeness (QED) is 0.817. The lowest BCUT2D eigenvalue weighted by Crippen LogP contribution is -2.37. The Kier molecular flexibility index (Phi) is 2.74. The summed E-state index contributed by atoms with van der Waals surface area (Å²) in [6, 6.07) is 3.86. The van der Waals surface area contributed by atoms with Gasteiger partial charge in [0.15, 0.2) is 0 Å². The van der Waals surface area contributed by atoms with Crippen LogP contribution in [0.2, 0.25) is 0 Å². The van der Waals surface area contributed by atoms with Crippen molar-refractivity contribution in [3.8, 4) is 0 Å². The number of hydrogen-bond acceptors (Lipinski definition) is 1. The van der Waals surface area contributed by atoms with Crippen LogP contribution in [0.15, 0.2) is 18.2 Å². The molecular formula is C12H15F2N. The zero-order valence-electron chi connectivity index (χ0n) is 8.60. The standard InChI is InChI=1S/C12H15F2N/c13-9-2-3-10(11(14)8-9)12(6-7-15)4-1-5-12/h2-3,8H,1,4-7,15H2. The van der Waals surface area contributed by atoms with E-state index in [0.717, 1.165) is 31.7 Å². The highest BCUT2D eigenvalue weighted by atomic mass is 19.1. The van der Waals surface area contributed by atoms with Crippen molar-refractivity contribution in [2.75, 3.05) is 6.54 Å². The molecule has 0 bridgehead atoms. The van der Waals surface area contributed by atoms with E-state index in [4.69, 9.17) is 5.73 Å². The van der Waals surface area contributed by atoms with Crippen molar-refractivity contribution in [3.63, 3.8) is 0 Å². The van der Waals surface area contributed by atoms with Crippen molar-refractivity contribution in [1.29, 1.82) is 0 Å². The third kappa shape index (κ3) is 1.76. The molecule has 3 heteroatoms. The third-order valence-electron chi connectivity index (χ3n) is 3.44. The fourth-order valence-electron chi connectivity index (χ4n) is 2.45. The summed E-state index contributed by atoms with van der Waals surface area (Å²) in [7, 11) is 0. The Morgan fingerprint density at radius 3 is 2.47 bits per heavy atom. The molecule has 2 rings (SSSR count). The molecule has 1 saturated carbocycles. The Labute approximate surface area is 88.3 Å². The predicted octanol–water partition coefficient (Wildman–Crippen LogP) is 2.74. The Morgan fingerprint density at radius 2 is 2.00 bits per heavy atom. The molecule has 0 saturated heterocycles. The monoisotopic (exact) mass is 211 g/mol. The maximum absolute atomic E-state index is 13.6. The first-order valence-electron chi connectivity index (χ1n) is 5.33. The van der Waals surface area contributed by atoms with E-state index in [9.17, 15) is 8.78 Å². The lowest BCUT2D eigenvalue weighted by molar-refractivity contribution is 0.221. The molecule has 1 aromatic carbocycles. The van der Waals surface area contributed by atoms with Gasteiger partial charge in [0.2, 0.25) is 0 Å². The maximum atomic E-state index is 13.6. The largest absolute Gasteiger partial charge is 0.330 e. The van der Waals surface area contributed by atoms with Crippen molar-refractivity contribution in [2.24, 2.45) is 5.73 Å². The van der Waals surface area contributed by atoms with Crippen LogP contribution in [-0.4, -0.2) is 6.54 Å². The van der Waals surface area contributed by atoms with Crippen molar-refractivity contribution in [2.45, 2.75) is 31.1 Å². The second-order valence-corrected chi connectivity index (χ2v) is 4.30. The van der Waals surface area contributed by atoms with E-state index in [0.29, 0.717) is 12.1 Å². The molecule has 1 aliphatic carbocycles. The summed E-state index contributed by atoms with van der Waals surface area (Å²) in [5, 5.41) is 0. The zero-order valence-corrected chi connectivity index (χ0v) is 8.60.